The average molecular weight is 271 g/mol. The summed E-state index contributed by atoms with van der Waals surface area (Å²) in [6, 6.07) is 5.48. The molecule has 1 aliphatic carbocycles. The van der Waals surface area contributed by atoms with Gasteiger partial charge >= 0.3 is 6.18 Å². The first-order chi connectivity index (χ1) is 8.58. The van der Waals surface area contributed by atoms with Gasteiger partial charge in [0.25, 0.3) is 0 Å². The highest BCUT2D eigenvalue weighted by Crippen LogP contribution is 2.61. The molecule has 2 N–H and O–H groups in total. The lowest BCUT2D eigenvalue weighted by atomic mass is 9.73. The maximum atomic E-state index is 12.5. The largest absolute Gasteiger partial charge is 0.416 e. The molecule has 0 saturated heterocycles. The number of alkyl halides is 3. The summed E-state index contributed by atoms with van der Waals surface area (Å²) in [5, 5.41) is 0. The molecule has 1 aromatic carbocycles. The number of benzene rings is 1. The SMILES string of the molecule is CC(c1ccc(C(F)(F)F)cc1)C1(C(C)(C)N)CC1. The summed E-state index contributed by atoms with van der Waals surface area (Å²) >= 11 is 0. The minimum Gasteiger partial charge on any atom is -0.325 e. The molecule has 106 valence electrons. The Kier molecular flexibility index (Phi) is 3.21. The molecule has 2 rings (SSSR count). The van der Waals surface area contributed by atoms with Gasteiger partial charge in [0, 0.05) is 5.54 Å². The van der Waals surface area contributed by atoms with Crippen LogP contribution in [0.2, 0.25) is 0 Å². The summed E-state index contributed by atoms with van der Waals surface area (Å²) in [6.07, 6.45) is -2.19. The summed E-state index contributed by atoms with van der Waals surface area (Å²) in [4.78, 5) is 0. The number of halogens is 3. The van der Waals surface area contributed by atoms with Crippen LogP contribution in [0.3, 0.4) is 0 Å². The van der Waals surface area contributed by atoms with Crippen molar-refractivity contribution in [2.75, 3.05) is 0 Å². The van der Waals surface area contributed by atoms with Crippen LogP contribution in [-0.4, -0.2) is 5.54 Å². The normalized spacial score (nSPS) is 20.2. The summed E-state index contributed by atoms with van der Waals surface area (Å²) in [7, 11) is 0. The number of hydrogen-bond donors (Lipinski definition) is 1. The van der Waals surface area contributed by atoms with Crippen LogP contribution in [0.15, 0.2) is 24.3 Å². The molecule has 0 spiro atoms. The summed E-state index contributed by atoms with van der Waals surface area (Å²) in [5.74, 6) is 0.176. The van der Waals surface area contributed by atoms with Crippen LogP contribution in [0, 0.1) is 5.41 Å². The van der Waals surface area contributed by atoms with Gasteiger partial charge in [-0.3, -0.25) is 0 Å². The Morgan fingerprint density at radius 1 is 1.11 bits per heavy atom. The van der Waals surface area contributed by atoms with E-state index < -0.39 is 11.7 Å². The molecule has 1 atom stereocenters. The van der Waals surface area contributed by atoms with Crippen molar-refractivity contribution >= 4 is 0 Å². The van der Waals surface area contributed by atoms with Crippen LogP contribution >= 0.6 is 0 Å². The summed E-state index contributed by atoms with van der Waals surface area (Å²) in [6.45, 7) is 6.06. The number of rotatable bonds is 3. The fourth-order valence-electron chi connectivity index (χ4n) is 3.05. The van der Waals surface area contributed by atoms with Gasteiger partial charge in [-0.15, -0.1) is 0 Å². The van der Waals surface area contributed by atoms with Crippen LogP contribution in [0.1, 0.15) is 50.7 Å². The molecule has 1 nitrogen and oxygen atoms in total. The van der Waals surface area contributed by atoms with E-state index in [9.17, 15) is 13.2 Å². The highest BCUT2D eigenvalue weighted by molar-refractivity contribution is 5.31. The Bertz CT molecular complexity index is 450. The maximum Gasteiger partial charge on any atom is 0.416 e. The van der Waals surface area contributed by atoms with Gasteiger partial charge in [-0.25, -0.2) is 0 Å². The fraction of sp³-hybridized carbons (Fsp3) is 0.600. The zero-order valence-corrected chi connectivity index (χ0v) is 11.5. The standard InChI is InChI=1S/C15H20F3N/c1-10(14(8-9-14)13(2,3)19)11-4-6-12(7-5-11)15(16,17)18/h4-7,10H,8-9,19H2,1-3H3. The maximum absolute atomic E-state index is 12.5. The second kappa shape index (κ2) is 4.23. The molecule has 19 heavy (non-hydrogen) atoms. The zero-order chi connectivity index (χ0) is 14.5. The quantitative estimate of drug-likeness (QED) is 0.870. The Morgan fingerprint density at radius 2 is 1.58 bits per heavy atom. The minimum atomic E-state index is -4.27. The molecule has 0 amide bonds. The molecule has 0 bridgehead atoms. The Balaban J connectivity index is 2.24. The average Bonchev–Trinajstić information content (AvgIpc) is 3.07. The fourth-order valence-corrected chi connectivity index (χ4v) is 3.05. The molecule has 4 heteroatoms. The van der Waals surface area contributed by atoms with E-state index in [4.69, 9.17) is 5.73 Å². The van der Waals surface area contributed by atoms with E-state index in [1.54, 1.807) is 12.1 Å². The van der Waals surface area contributed by atoms with Crippen molar-refractivity contribution in [3.05, 3.63) is 35.4 Å². The van der Waals surface area contributed by atoms with E-state index in [1.165, 1.54) is 0 Å². The van der Waals surface area contributed by atoms with Gasteiger partial charge < -0.3 is 5.73 Å². The third-order valence-electron chi connectivity index (χ3n) is 4.64. The van der Waals surface area contributed by atoms with E-state index in [2.05, 4.69) is 6.92 Å². The van der Waals surface area contributed by atoms with Gasteiger partial charge in [0.1, 0.15) is 0 Å². The first kappa shape index (κ1) is 14.4. The lowest BCUT2D eigenvalue weighted by molar-refractivity contribution is -0.137. The van der Waals surface area contributed by atoms with Crippen LogP contribution in [0.4, 0.5) is 13.2 Å². The molecule has 0 aliphatic heterocycles. The van der Waals surface area contributed by atoms with Crippen molar-refractivity contribution in [2.45, 2.75) is 51.2 Å². The highest BCUT2D eigenvalue weighted by Gasteiger charge is 2.56. The third-order valence-corrected chi connectivity index (χ3v) is 4.64. The lowest BCUT2D eigenvalue weighted by Gasteiger charge is -2.36. The second-order valence-electron chi connectivity index (χ2n) is 6.22. The lowest BCUT2D eigenvalue weighted by Crippen LogP contribution is -2.45. The van der Waals surface area contributed by atoms with E-state index >= 15 is 0 Å². The van der Waals surface area contributed by atoms with E-state index in [-0.39, 0.29) is 16.9 Å². The van der Waals surface area contributed by atoms with Gasteiger partial charge in [0.05, 0.1) is 5.56 Å². The Hall–Kier alpha value is -1.03. The molecular formula is C15H20F3N. The molecule has 1 aromatic rings. The third kappa shape index (κ3) is 2.50. The second-order valence-corrected chi connectivity index (χ2v) is 6.22. The Morgan fingerprint density at radius 3 is 1.89 bits per heavy atom. The summed E-state index contributed by atoms with van der Waals surface area (Å²) < 4.78 is 37.6. The summed E-state index contributed by atoms with van der Waals surface area (Å²) in [5.41, 5.74) is 6.28. The van der Waals surface area contributed by atoms with Crippen molar-refractivity contribution < 1.29 is 13.2 Å². The first-order valence-corrected chi connectivity index (χ1v) is 6.54. The van der Waals surface area contributed by atoms with E-state index in [0.29, 0.717) is 0 Å². The van der Waals surface area contributed by atoms with Crippen molar-refractivity contribution in [3.8, 4) is 0 Å². The molecule has 1 saturated carbocycles. The Labute approximate surface area is 112 Å². The molecule has 1 unspecified atom stereocenters. The van der Waals surface area contributed by atoms with Gasteiger partial charge in [-0.05, 0) is 55.7 Å². The molecular weight excluding hydrogens is 251 g/mol. The molecule has 0 aromatic heterocycles. The zero-order valence-electron chi connectivity index (χ0n) is 11.5. The van der Waals surface area contributed by atoms with Crippen molar-refractivity contribution in [1.29, 1.82) is 0 Å². The molecule has 1 fully saturated rings. The monoisotopic (exact) mass is 271 g/mol. The van der Waals surface area contributed by atoms with Gasteiger partial charge in [-0.1, -0.05) is 19.1 Å². The van der Waals surface area contributed by atoms with Crippen LogP contribution in [0.5, 0.6) is 0 Å². The van der Waals surface area contributed by atoms with Crippen LogP contribution in [-0.2, 0) is 6.18 Å². The van der Waals surface area contributed by atoms with E-state index in [1.807, 2.05) is 13.8 Å². The predicted octanol–water partition coefficient (Wildman–Crippen LogP) is 4.33. The smallest absolute Gasteiger partial charge is 0.325 e. The number of nitrogens with two attached hydrogens (primary N) is 1. The van der Waals surface area contributed by atoms with E-state index in [0.717, 1.165) is 30.5 Å². The first-order valence-electron chi connectivity index (χ1n) is 6.54. The van der Waals surface area contributed by atoms with Crippen molar-refractivity contribution in [3.63, 3.8) is 0 Å². The minimum absolute atomic E-state index is 0.0206. The van der Waals surface area contributed by atoms with Gasteiger partial charge in [0.2, 0.25) is 0 Å². The van der Waals surface area contributed by atoms with Crippen LogP contribution in [0.25, 0.3) is 0 Å². The number of hydrogen-bond acceptors (Lipinski definition) is 1. The van der Waals surface area contributed by atoms with Crippen molar-refractivity contribution in [1.82, 2.24) is 0 Å². The topological polar surface area (TPSA) is 26.0 Å². The van der Waals surface area contributed by atoms with Gasteiger partial charge in [0.15, 0.2) is 0 Å². The highest BCUT2D eigenvalue weighted by atomic mass is 19.4. The van der Waals surface area contributed by atoms with Gasteiger partial charge in [-0.2, -0.15) is 13.2 Å². The molecule has 1 aliphatic rings. The molecule has 0 heterocycles. The predicted molar refractivity (Wildman–Crippen MR) is 69.8 cm³/mol. The van der Waals surface area contributed by atoms with Crippen LogP contribution < -0.4 is 5.73 Å². The molecule has 0 radical (unpaired) electrons. The van der Waals surface area contributed by atoms with Crippen molar-refractivity contribution in [2.24, 2.45) is 11.1 Å².